The van der Waals surface area contributed by atoms with Crippen molar-refractivity contribution in [2.75, 3.05) is 6.54 Å². The van der Waals surface area contributed by atoms with E-state index in [1.165, 1.54) is 4.90 Å². The molecule has 1 aliphatic heterocycles. The van der Waals surface area contributed by atoms with Gasteiger partial charge in [0.25, 0.3) is 11.7 Å². The summed E-state index contributed by atoms with van der Waals surface area (Å²) < 4.78 is 0.834. The third kappa shape index (κ3) is 5.22. The Labute approximate surface area is 189 Å². The van der Waals surface area contributed by atoms with E-state index in [0.717, 1.165) is 15.6 Å². The number of rotatable bonds is 8. The zero-order valence-electron chi connectivity index (χ0n) is 17.2. The number of halogens is 1. The molecule has 0 aromatic heterocycles. The van der Waals surface area contributed by atoms with E-state index >= 15 is 0 Å². The lowest BCUT2D eigenvalue weighted by Crippen LogP contribution is -2.30. The average Bonchev–Trinajstić information content (AvgIpc) is 2.99. The number of carbonyl (C=O) groups is 3. The van der Waals surface area contributed by atoms with E-state index in [4.69, 9.17) is 5.11 Å². The van der Waals surface area contributed by atoms with E-state index in [2.05, 4.69) is 15.9 Å². The van der Waals surface area contributed by atoms with Crippen LogP contribution in [0.1, 0.15) is 48.4 Å². The van der Waals surface area contributed by atoms with E-state index in [9.17, 15) is 19.5 Å². The van der Waals surface area contributed by atoms with Crippen molar-refractivity contribution in [1.29, 1.82) is 0 Å². The second kappa shape index (κ2) is 9.92. The SMILES string of the molecule is Cc1ccc([C@H]2C(=C(O)c3ccc(Br)cc3)C(=O)C(=O)N2CCCCCC(=O)O)cc1. The molecule has 1 atom stereocenters. The minimum absolute atomic E-state index is 0.0710. The summed E-state index contributed by atoms with van der Waals surface area (Å²) in [5.74, 6) is -2.42. The number of ketones is 1. The molecule has 1 aliphatic rings. The number of benzene rings is 2. The summed E-state index contributed by atoms with van der Waals surface area (Å²) in [7, 11) is 0. The molecule has 0 bridgehead atoms. The first-order valence-electron chi connectivity index (χ1n) is 10.1. The van der Waals surface area contributed by atoms with E-state index in [-0.39, 0.29) is 17.8 Å². The van der Waals surface area contributed by atoms with Crippen LogP contribution in [0.2, 0.25) is 0 Å². The number of carboxylic acid groups (broad SMARTS) is 1. The van der Waals surface area contributed by atoms with Gasteiger partial charge in [0.2, 0.25) is 0 Å². The van der Waals surface area contributed by atoms with Crippen molar-refractivity contribution in [2.45, 2.75) is 38.6 Å². The highest BCUT2D eigenvalue weighted by Gasteiger charge is 2.45. The summed E-state index contributed by atoms with van der Waals surface area (Å²) in [5, 5.41) is 19.8. The molecule has 0 unspecified atom stereocenters. The lowest BCUT2D eigenvalue weighted by Gasteiger charge is -2.25. The van der Waals surface area contributed by atoms with E-state index in [1.807, 2.05) is 31.2 Å². The van der Waals surface area contributed by atoms with Crippen LogP contribution in [0.3, 0.4) is 0 Å². The van der Waals surface area contributed by atoms with Gasteiger partial charge in [0.05, 0.1) is 11.6 Å². The van der Waals surface area contributed by atoms with Crippen molar-refractivity contribution < 1.29 is 24.6 Å². The first-order valence-corrected chi connectivity index (χ1v) is 10.9. The quantitative estimate of drug-likeness (QED) is 0.241. The third-order valence-electron chi connectivity index (χ3n) is 5.34. The lowest BCUT2D eigenvalue weighted by molar-refractivity contribution is -0.140. The minimum atomic E-state index is -0.852. The van der Waals surface area contributed by atoms with Gasteiger partial charge in [-0.25, -0.2) is 0 Å². The van der Waals surface area contributed by atoms with Gasteiger partial charge in [0, 0.05) is 23.0 Å². The fourth-order valence-corrected chi connectivity index (χ4v) is 3.97. The van der Waals surface area contributed by atoms with Crippen LogP contribution >= 0.6 is 15.9 Å². The first kappa shape index (κ1) is 22.7. The maximum atomic E-state index is 12.9. The molecule has 2 N–H and O–H groups in total. The van der Waals surface area contributed by atoms with Gasteiger partial charge in [0.1, 0.15) is 5.76 Å². The Bertz CT molecular complexity index is 1010. The average molecular weight is 486 g/mol. The van der Waals surface area contributed by atoms with Crippen molar-refractivity contribution in [2.24, 2.45) is 0 Å². The third-order valence-corrected chi connectivity index (χ3v) is 5.87. The molecule has 162 valence electrons. The Balaban J connectivity index is 1.96. The van der Waals surface area contributed by atoms with E-state index in [1.54, 1.807) is 24.3 Å². The van der Waals surface area contributed by atoms with Gasteiger partial charge >= 0.3 is 5.97 Å². The highest BCUT2D eigenvalue weighted by Crippen LogP contribution is 2.39. The second-order valence-electron chi connectivity index (χ2n) is 7.61. The number of likely N-dealkylation sites (tertiary alicyclic amines) is 1. The number of amides is 1. The molecule has 2 aromatic rings. The van der Waals surface area contributed by atoms with Crippen molar-refractivity contribution in [1.82, 2.24) is 4.90 Å². The normalized spacial score (nSPS) is 17.9. The molecule has 7 heteroatoms. The summed E-state index contributed by atoms with van der Waals surface area (Å²) in [5.41, 5.74) is 2.32. The summed E-state index contributed by atoms with van der Waals surface area (Å²) >= 11 is 3.35. The molecule has 1 amide bonds. The Hall–Kier alpha value is -2.93. The van der Waals surface area contributed by atoms with Crippen LogP contribution in [0.5, 0.6) is 0 Å². The highest BCUT2D eigenvalue weighted by atomic mass is 79.9. The van der Waals surface area contributed by atoms with Crippen molar-refractivity contribution in [3.05, 3.63) is 75.3 Å². The molecule has 0 spiro atoms. The molecular formula is C24H24BrNO5. The Morgan fingerprint density at radius 3 is 2.23 bits per heavy atom. The molecule has 31 heavy (non-hydrogen) atoms. The van der Waals surface area contributed by atoms with E-state index in [0.29, 0.717) is 31.4 Å². The van der Waals surface area contributed by atoms with E-state index < -0.39 is 23.7 Å². The first-order chi connectivity index (χ1) is 14.8. The van der Waals surface area contributed by atoms with Crippen LogP contribution in [0, 0.1) is 6.92 Å². The Kier molecular flexibility index (Phi) is 7.28. The van der Waals surface area contributed by atoms with Gasteiger partial charge in [-0.15, -0.1) is 0 Å². The maximum absolute atomic E-state index is 12.9. The number of Topliss-reactive ketones (excluding diaryl/α,β-unsaturated/α-hetero) is 1. The highest BCUT2D eigenvalue weighted by molar-refractivity contribution is 9.10. The number of nitrogens with zero attached hydrogens (tertiary/aromatic N) is 1. The van der Waals surface area contributed by atoms with Crippen LogP contribution in [-0.4, -0.2) is 39.3 Å². The summed E-state index contributed by atoms with van der Waals surface area (Å²) in [6, 6.07) is 13.7. The molecule has 3 rings (SSSR count). The van der Waals surface area contributed by atoms with Crippen LogP contribution in [0.25, 0.3) is 5.76 Å². The molecule has 6 nitrogen and oxygen atoms in total. The van der Waals surface area contributed by atoms with Gasteiger partial charge < -0.3 is 15.1 Å². The summed E-state index contributed by atoms with van der Waals surface area (Å²) in [4.78, 5) is 38.0. The molecular weight excluding hydrogens is 462 g/mol. The van der Waals surface area contributed by atoms with Crippen LogP contribution < -0.4 is 0 Å². The number of unbranched alkanes of at least 4 members (excludes halogenated alkanes) is 2. The predicted molar refractivity (Wildman–Crippen MR) is 120 cm³/mol. The summed E-state index contributed by atoms with van der Waals surface area (Å²) in [6.07, 6.45) is 1.78. The number of aliphatic hydroxyl groups excluding tert-OH is 1. The van der Waals surface area contributed by atoms with Crippen LogP contribution in [0.15, 0.2) is 58.6 Å². The van der Waals surface area contributed by atoms with Gasteiger partial charge in [0.15, 0.2) is 0 Å². The predicted octanol–water partition coefficient (Wildman–Crippen LogP) is 4.82. The molecule has 0 radical (unpaired) electrons. The van der Waals surface area contributed by atoms with Crippen molar-refractivity contribution in [3.63, 3.8) is 0 Å². The molecule has 0 aliphatic carbocycles. The topological polar surface area (TPSA) is 94.9 Å². The standard InChI is InChI=1S/C24H24BrNO5/c1-15-6-8-16(9-7-15)21-20(22(29)17-10-12-18(25)13-11-17)23(30)24(31)26(21)14-4-2-3-5-19(27)28/h6-13,21,29H,2-5,14H2,1H3,(H,27,28)/t21-/m0/s1. The monoisotopic (exact) mass is 485 g/mol. The second-order valence-corrected chi connectivity index (χ2v) is 8.53. The van der Waals surface area contributed by atoms with Gasteiger partial charge in [-0.1, -0.05) is 64.3 Å². The number of aliphatic carboxylic acids is 1. The van der Waals surface area contributed by atoms with Crippen molar-refractivity contribution >= 4 is 39.3 Å². The maximum Gasteiger partial charge on any atom is 0.303 e. The molecule has 2 aromatic carbocycles. The van der Waals surface area contributed by atoms with Gasteiger partial charge in [-0.3, -0.25) is 14.4 Å². The zero-order valence-corrected chi connectivity index (χ0v) is 18.8. The fourth-order valence-electron chi connectivity index (χ4n) is 3.70. The number of hydrogen-bond donors (Lipinski definition) is 2. The lowest BCUT2D eigenvalue weighted by atomic mass is 9.94. The number of hydrogen-bond acceptors (Lipinski definition) is 4. The summed E-state index contributed by atoms with van der Waals surface area (Å²) in [6.45, 7) is 2.25. The van der Waals surface area contributed by atoms with Gasteiger partial charge in [-0.2, -0.15) is 0 Å². The molecule has 0 saturated carbocycles. The Morgan fingerprint density at radius 2 is 1.61 bits per heavy atom. The molecule has 1 fully saturated rings. The zero-order chi connectivity index (χ0) is 22.5. The molecule has 1 heterocycles. The van der Waals surface area contributed by atoms with Crippen LogP contribution in [-0.2, 0) is 14.4 Å². The number of carboxylic acids is 1. The largest absolute Gasteiger partial charge is 0.507 e. The smallest absolute Gasteiger partial charge is 0.303 e. The Morgan fingerprint density at radius 1 is 0.968 bits per heavy atom. The van der Waals surface area contributed by atoms with Crippen LogP contribution in [0.4, 0.5) is 0 Å². The fraction of sp³-hybridized carbons (Fsp3) is 0.292. The molecule has 1 saturated heterocycles. The number of aryl methyl sites for hydroxylation is 1. The number of carbonyl (C=O) groups excluding carboxylic acids is 2. The van der Waals surface area contributed by atoms with Crippen molar-refractivity contribution in [3.8, 4) is 0 Å². The minimum Gasteiger partial charge on any atom is -0.507 e. The van der Waals surface area contributed by atoms with Gasteiger partial charge in [-0.05, 0) is 37.5 Å². The number of aliphatic hydroxyl groups is 1.